The molecular formula is C24H22ClN3O5S. The Kier molecular flexibility index (Phi) is 7.44. The zero-order valence-corrected chi connectivity index (χ0v) is 19.8. The van der Waals surface area contributed by atoms with Crippen LogP contribution in [0.15, 0.2) is 48.8 Å². The molecule has 8 nitrogen and oxygen atoms in total. The normalized spacial score (nSPS) is 14.1. The zero-order valence-electron chi connectivity index (χ0n) is 18.2. The van der Waals surface area contributed by atoms with Gasteiger partial charge in [-0.05, 0) is 56.0 Å². The maximum Gasteiger partial charge on any atom is 0.354 e. The molecule has 1 amide bonds. The first-order valence-electron chi connectivity index (χ1n) is 10.6. The fraction of sp³-hybridized carbons (Fsp3) is 0.250. The highest BCUT2D eigenvalue weighted by Gasteiger charge is 2.22. The van der Waals surface area contributed by atoms with Gasteiger partial charge in [0.15, 0.2) is 0 Å². The Morgan fingerprint density at radius 2 is 2.12 bits per heavy atom. The highest BCUT2D eigenvalue weighted by molar-refractivity contribution is 7.14. The number of ether oxygens (including phenoxy) is 2. The number of hydrogen-bond donors (Lipinski definition) is 2. The van der Waals surface area contributed by atoms with E-state index in [-0.39, 0.29) is 17.3 Å². The van der Waals surface area contributed by atoms with Crippen LogP contribution in [0.3, 0.4) is 0 Å². The van der Waals surface area contributed by atoms with Gasteiger partial charge < -0.3 is 19.9 Å². The summed E-state index contributed by atoms with van der Waals surface area (Å²) in [5, 5.41) is 12.7. The van der Waals surface area contributed by atoms with Crippen molar-refractivity contribution >= 4 is 40.9 Å². The van der Waals surface area contributed by atoms with Gasteiger partial charge in [0, 0.05) is 30.1 Å². The molecule has 2 aromatic heterocycles. The summed E-state index contributed by atoms with van der Waals surface area (Å²) >= 11 is 7.66. The Hall–Kier alpha value is -3.43. The van der Waals surface area contributed by atoms with Crippen molar-refractivity contribution in [1.82, 2.24) is 15.3 Å². The minimum absolute atomic E-state index is 0.187. The predicted molar refractivity (Wildman–Crippen MR) is 129 cm³/mol. The molecule has 4 rings (SSSR count). The van der Waals surface area contributed by atoms with Crippen LogP contribution >= 0.6 is 22.9 Å². The summed E-state index contributed by atoms with van der Waals surface area (Å²) in [5.74, 6) is 0.283. The third-order valence-corrected chi connectivity index (χ3v) is 6.07. The van der Waals surface area contributed by atoms with E-state index >= 15 is 0 Å². The monoisotopic (exact) mass is 499 g/mol. The van der Waals surface area contributed by atoms with E-state index in [9.17, 15) is 9.59 Å². The number of aromatic carboxylic acids is 1. The Bertz CT molecular complexity index is 1220. The van der Waals surface area contributed by atoms with Gasteiger partial charge in [-0.1, -0.05) is 29.0 Å². The minimum Gasteiger partial charge on any atom is -0.493 e. The summed E-state index contributed by atoms with van der Waals surface area (Å²) in [4.78, 5) is 32.2. The number of halogens is 1. The number of thiazole rings is 1. The van der Waals surface area contributed by atoms with Crippen LogP contribution in [0.4, 0.5) is 0 Å². The SMILES string of the molecule is C[C@@H](/C=C/c1cnc(Oc2ccc(OCC3CC3)cc2Cl)s1)NC(=O)c1ccnc(C(=O)O)c1. The summed E-state index contributed by atoms with van der Waals surface area (Å²) in [6.07, 6.45) is 9.01. The maximum absolute atomic E-state index is 12.4. The van der Waals surface area contributed by atoms with E-state index in [0.29, 0.717) is 34.2 Å². The molecule has 0 bridgehead atoms. The van der Waals surface area contributed by atoms with Crippen molar-refractivity contribution in [3.05, 3.63) is 70.0 Å². The van der Waals surface area contributed by atoms with Crippen molar-refractivity contribution in [2.24, 2.45) is 5.92 Å². The van der Waals surface area contributed by atoms with Crippen LogP contribution in [-0.2, 0) is 0 Å². The molecule has 10 heteroatoms. The first kappa shape index (κ1) is 23.7. The van der Waals surface area contributed by atoms with Crippen LogP contribution in [-0.4, -0.2) is 39.6 Å². The van der Waals surface area contributed by atoms with Gasteiger partial charge in [0.2, 0.25) is 0 Å². The number of carboxylic acid groups (broad SMARTS) is 1. The third kappa shape index (κ3) is 6.55. The Labute approximate surface area is 205 Å². The van der Waals surface area contributed by atoms with Gasteiger partial charge in [0.25, 0.3) is 11.1 Å². The highest BCUT2D eigenvalue weighted by Crippen LogP contribution is 2.35. The molecule has 0 aliphatic heterocycles. The summed E-state index contributed by atoms with van der Waals surface area (Å²) in [5.41, 5.74) is 0.0375. The van der Waals surface area contributed by atoms with Gasteiger partial charge in [-0.15, -0.1) is 0 Å². The number of carboxylic acids is 1. The number of amides is 1. The molecule has 0 spiro atoms. The van der Waals surface area contributed by atoms with Crippen LogP contribution in [0.5, 0.6) is 16.7 Å². The van der Waals surface area contributed by atoms with Crippen LogP contribution < -0.4 is 14.8 Å². The van der Waals surface area contributed by atoms with Crippen LogP contribution in [0, 0.1) is 5.92 Å². The number of nitrogens with zero attached hydrogens (tertiary/aromatic N) is 2. The Morgan fingerprint density at radius 3 is 2.85 bits per heavy atom. The van der Waals surface area contributed by atoms with Crippen molar-refractivity contribution in [2.45, 2.75) is 25.8 Å². The summed E-state index contributed by atoms with van der Waals surface area (Å²) in [6.45, 7) is 2.52. The van der Waals surface area contributed by atoms with Gasteiger partial charge in [0.1, 0.15) is 17.2 Å². The second kappa shape index (κ2) is 10.7. The number of rotatable bonds is 10. The average Bonchev–Trinajstić information content (AvgIpc) is 3.55. The van der Waals surface area contributed by atoms with Gasteiger partial charge in [-0.25, -0.2) is 14.8 Å². The number of aromatic nitrogens is 2. The molecule has 1 aromatic carbocycles. The minimum atomic E-state index is -1.19. The number of nitrogens with one attached hydrogen (secondary N) is 1. The van der Waals surface area contributed by atoms with Crippen molar-refractivity contribution < 1.29 is 24.2 Å². The lowest BCUT2D eigenvalue weighted by Crippen LogP contribution is -2.31. The summed E-state index contributed by atoms with van der Waals surface area (Å²) in [6, 6.07) is 7.71. The molecule has 1 fully saturated rings. The van der Waals surface area contributed by atoms with Crippen LogP contribution in [0.2, 0.25) is 5.02 Å². The summed E-state index contributed by atoms with van der Waals surface area (Å²) in [7, 11) is 0. The number of hydrogen-bond acceptors (Lipinski definition) is 7. The standard InChI is InChI=1S/C24H22ClN3O5S/c1-14(28-22(29)16-8-9-26-20(10-16)23(30)31)2-6-18-12-27-24(34-18)33-21-7-5-17(11-19(21)25)32-13-15-3-4-15/h2,5-12,14-15H,3-4,13H2,1H3,(H,28,29)(H,30,31)/b6-2+/t14-/m0/s1. The largest absolute Gasteiger partial charge is 0.493 e. The van der Waals surface area contributed by atoms with Crippen molar-refractivity contribution in [2.75, 3.05) is 6.61 Å². The highest BCUT2D eigenvalue weighted by atomic mass is 35.5. The molecule has 176 valence electrons. The van der Waals surface area contributed by atoms with Gasteiger partial charge >= 0.3 is 5.97 Å². The molecule has 3 aromatic rings. The topological polar surface area (TPSA) is 111 Å². The van der Waals surface area contributed by atoms with Crippen molar-refractivity contribution in [3.8, 4) is 16.7 Å². The number of carbonyl (C=O) groups excluding carboxylic acids is 1. The first-order chi connectivity index (χ1) is 16.4. The second-order valence-corrected chi connectivity index (χ2v) is 9.27. The van der Waals surface area contributed by atoms with Gasteiger partial charge in [-0.2, -0.15) is 0 Å². The summed E-state index contributed by atoms with van der Waals surface area (Å²) < 4.78 is 11.5. The quantitative estimate of drug-likeness (QED) is 0.389. The predicted octanol–water partition coefficient (Wildman–Crippen LogP) is 5.30. The lowest BCUT2D eigenvalue weighted by atomic mass is 10.2. The molecule has 2 N–H and O–H groups in total. The molecule has 2 heterocycles. The van der Waals surface area contributed by atoms with E-state index in [0.717, 1.165) is 4.88 Å². The molecular weight excluding hydrogens is 478 g/mol. The third-order valence-electron chi connectivity index (χ3n) is 4.93. The molecule has 0 saturated heterocycles. The molecule has 0 radical (unpaired) electrons. The molecule has 1 saturated carbocycles. The number of benzene rings is 1. The number of pyridine rings is 1. The maximum atomic E-state index is 12.4. The Morgan fingerprint density at radius 1 is 1.29 bits per heavy atom. The average molecular weight is 500 g/mol. The van der Waals surface area contributed by atoms with E-state index in [2.05, 4.69) is 15.3 Å². The molecule has 34 heavy (non-hydrogen) atoms. The van der Waals surface area contributed by atoms with E-state index in [1.165, 1.54) is 42.5 Å². The van der Waals surface area contributed by atoms with Crippen LogP contribution in [0.25, 0.3) is 6.08 Å². The van der Waals surface area contributed by atoms with Gasteiger partial charge in [-0.3, -0.25) is 4.79 Å². The van der Waals surface area contributed by atoms with Gasteiger partial charge in [0.05, 0.1) is 16.5 Å². The zero-order chi connectivity index (χ0) is 24.1. The fourth-order valence-corrected chi connectivity index (χ4v) is 3.81. The van der Waals surface area contributed by atoms with Crippen molar-refractivity contribution in [3.63, 3.8) is 0 Å². The lowest BCUT2D eigenvalue weighted by Gasteiger charge is -2.09. The molecule has 1 atom stereocenters. The fourth-order valence-electron chi connectivity index (χ4n) is 2.91. The Balaban J connectivity index is 1.31. The lowest BCUT2D eigenvalue weighted by molar-refractivity contribution is 0.0690. The van der Waals surface area contributed by atoms with Crippen molar-refractivity contribution in [1.29, 1.82) is 0 Å². The van der Waals surface area contributed by atoms with E-state index in [1.807, 2.05) is 12.1 Å². The van der Waals surface area contributed by atoms with E-state index in [4.69, 9.17) is 26.2 Å². The molecule has 0 unspecified atom stereocenters. The molecule has 1 aliphatic rings. The first-order valence-corrected chi connectivity index (χ1v) is 11.8. The van der Waals surface area contributed by atoms with E-state index < -0.39 is 11.9 Å². The second-order valence-electron chi connectivity index (χ2n) is 7.83. The van der Waals surface area contributed by atoms with Crippen LogP contribution in [0.1, 0.15) is 45.5 Å². The van der Waals surface area contributed by atoms with E-state index in [1.54, 1.807) is 31.3 Å². The molecule has 1 aliphatic carbocycles. The number of carbonyl (C=O) groups is 2. The smallest absolute Gasteiger partial charge is 0.354 e.